The third-order valence-corrected chi connectivity index (χ3v) is 4.49. The number of carbonyl (C=O) groups excluding carboxylic acids is 1. The van der Waals surface area contributed by atoms with E-state index in [0.717, 1.165) is 30.5 Å². The third-order valence-electron chi connectivity index (χ3n) is 4.49. The summed E-state index contributed by atoms with van der Waals surface area (Å²) < 4.78 is 10.2. The first-order chi connectivity index (χ1) is 11.7. The molecule has 0 radical (unpaired) electrons. The number of benzene rings is 1. The summed E-state index contributed by atoms with van der Waals surface area (Å²) in [6.45, 7) is 3.80. The van der Waals surface area contributed by atoms with Crippen LogP contribution in [-0.4, -0.2) is 41.1 Å². The van der Waals surface area contributed by atoms with E-state index >= 15 is 0 Å². The SMILES string of the molecule is COCc1nc(C2CCCN(C(=O)Cc3ccccc3C)C2)no1. The van der Waals surface area contributed by atoms with E-state index in [2.05, 4.69) is 10.1 Å². The Kier molecular flexibility index (Phi) is 5.25. The van der Waals surface area contributed by atoms with Crippen molar-refractivity contribution in [3.63, 3.8) is 0 Å². The average Bonchev–Trinajstić information content (AvgIpc) is 3.06. The van der Waals surface area contributed by atoms with Crippen LogP contribution in [0.1, 0.15) is 41.6 Å². The van der Waals surface area contributed by atoms with Gasteiger partial charge >= 0.3 is 0 Å². The molecular formula is C18H23N3O3. The van der Waals surface area contributed by atoms with Gasteiger partial charge in [0.05, 0.1) is 6.42 Å². The number of methoxy groups -OCH3 is 1. The van der Waals surface area contributed by atoms with Crippen molar-refractivity contribution in [3.8, 4) is 0 Å². The lowest BCUT2D eigenvalue weighted by Crippen LogP contribution is -2.40. The molecule has 1 aliphatic rings. The Morgan fingerprint density at radius 2 is 2.25 bits per heavy atom. The highest BCUT2D eigenvalue weighted by atomic mass is 16.5. The number of rotatable bonds is 5. The second kappa shape index (κ2) is 7.57. The first-order valence-corrected chi connectivity index (χ1v) is 8.31. The van der Waals surface area contributed by atoms with Gasteiger partial charge in [-0.15, -0.1) is 0 Å². The Balaban J connectivity index is 1.64. The Morgan fingerprint density at radius 3 is 3.04 bits per heavy atom. The number of ether oxygens (including phenoxy) is 1. The van der Waals surface area contributed by atoms with Gasteiger partial charge in [-0.3, -0.25) is 4.79 Å². The molecule has 2 heterocycles. The molecule has 24 heavy (non-hydrogen) atoms. The van der Waals surface area contributed by atoms with Crippen molar-refractivity contribution < 1.29 is 14.1 Å². The quantitative estimate of drug-likeness (QED) is 0.843. The van der Waals surface area contributed by atoms with Crippen LogP contribution < -0.4 is 0 Å². The van der Waals surface area contributed by atoms with Crippen molar-refractivity contribution in [3.05, 3.63) is 47.1 Å². The molecule has 3 rings (SSSR count). The molecule has 128 valence electrons. The van der Waals surface area contributed by atoms with Crippen molar-refractivity contribution in [2.45, 2.75) is 38.7 Å². The van der Waals surface area contributed by atoms with Crippen LogP contribution in [0.2, 0.25) is 0 Å². The summed E-state index contributed by atoms with van der Waals surface area (Å²) >= 11 is 0. The lowest BCUT2D eigenvalue weighted by atomic mass is 9.96. The van der Waals surface area contributed by atoms with E-state index in [9.17, 15) is 4.79 Å². The molecule has 1 unspecified atom stereocenters. The number of piperidine rings is 1. The minimum Gasteiger partial charge on any atom is -0.375 e. The molecule has 0 aliphatic carbocycles. The topological polar surface area (TPSA) is 68.5 Å². The minimum atomic E-state index is 0.133. The van der Waals surface area contributed by atoms with E-state index < -0.39 is 0 Å². The number of carbonyl (C=O) groups is 1. The minimum absolute atomic E-state index is 0.133. The molecular weight excluding hydrogens is 306 g/mol. The summed E-state index contributed by atoms with van der Waals surface area (Å²) in [4.78, 5) is 18.9. The van der Waals surface area contributed by atoms with Gasteiger partial charge in [0.2, 0.25) is 5.91 Å². The summed E-state index contributed by atoms with van der Waals surface area (Å²) in [5.74, 6) is 1.45. The van der Waals surface area contributed by atoms with E-state index in [4.69, 9.17) is 9.26 Å². The van der Waals surface area contributed by atoms with Crippen molar-refractivity contribution in [1.29, 1.82) is 0 Å². The Hall–Kier alpha value is -2.21. The number of nitrogens with zero attached hydrogens (tertiary/aromatic N) is 3. The zero-order valence-corrected chi connectivity index (χ0v) is 14.2. The maximum Gasteiger partial charge on any atom is 0.252 e. The van der Waals surface area contributed by atoms with Gasteiger partial charge in [0.25, 0.3) is 5.89 Å². The first kappa shape index (κ1) is 16.6. The fourth-order valence-corrected chi connectivity index (χ4v) is 3.11. The number of hydrogen-bond donors (Lipinski definition) is 0. The lowest BCUT2D eigenvalue weighted by Gasteiger charge is -2.31. The zero-order chi connectivity index (χ0) is 16.9. The van der Waals surface area contributed by atoms with Crippen LogP contribution in [0, 0.1) is 6.92 Å². The summed E-state index contributed by atoms with van der Waals surface area (Å²) in [6.07, 6.45) is 2.37. The highest BCUT2D eigenvalue weighted by molar-refractivity contribution is 5.79. The zero-order valence-electron chi connectivity index (χ0n) is 14.2. The van der Waals surface area contributed by atoms with E-state index in [1.807, 2.05) is 36.1 Å². The van der Waals surface area contributed by atoms with Crippen LogP contribution >= 0.6 is 0 Å². The van der Waals surface area contributed by atoms with Crippen molar-refractivity contribution in [2.75, 3.05) is 20.2 Å². The maximum absolute atomic E-state index is 12.6. The van der Waals surface area contributed by atoms with Crippen molar-refractivity contribution >= 4 is 5.91 Å². The van der Waals surface area contributed by atoms with Crippen LogP contribution in [0.15, 0.2) is 28.8 Å². The van der Waals surface area contributed by atoms with Gasteiger partial charge in [-0.05, 0) is 30.9 Å². The van der Waals surface area contributed by atoms with E-state index in [-0.39, 0.29) is 11.8 Å². The van der Waals surface area contributed by atoms with Crippen LogP contribution in [0.25, 0.3) is 0 Å². The van der Waals surface area contributed by atoms with Gasteiger partial charge in [0.1, 0.15) is 6.61 Å². The van der Waals surface area contributed by atoms with Gasteiger partial charge in [0.15, 0.2) is 5.82 Å². The van der Waals surface area contributed by atoms with Gasteiger partial charge < -0.3 is 14.2 Å². The highest BCUT2D eigenvalue weighted by Crippen LogP contribution is 2.25. The normalized spacial score (nSPS) is 17.9. The number of amides is 1. The molecule has 1 aromatic heterocycles. The van der Waals surface area contributed by atoms with Crippen LogP contribution in [-0.2, 0) is 22.6 Å². The Labute approximate surface area is 141 Å². The summed E-state index contributed by atoms with van der Waals surface area (Å²) in [5.41, 5.74) is 2.24. The molecule has 6 heteroatoms. The average molecular weight is 329 g/mol. The second-order valence-electron chi connectivity index (χ2n) is 6.26. The maximum atomic E-state index is 12.6. The fraction of sp³-hybridized carbons (Fsp3) is 0.500. The van der Waals surface area contributed by atoms with Crippen LogP contribution in [0.3, 0.4) is 0 Å². The number of aryl methyl sites for hydroxylation is 1. The molecule has 1 aromatic carbocycles. The Morgan fingerprint density at radius 1 is 1.42 bits per heavy atom. The van der Waals surface area contributed by atoms with Crippen molar-refractivity contribution in [2.24, 2.45) is 0 Å². The lowest BCUT2D eigenvalue weighted by molar-refractivity contribution is -0.131. The predicted molar refractivity (Wildman–Crippen MR) is 88.4 cm³/mol. The van der Waals surface area contributed by atoms with Gasteiger partial charge in [-0.1, -0.05) is 29.4 Å². The van der Waals surface area contributed by atoms with Crippen molar-refractivity contribution in [1.82, 2.24) is 15.0 Å². The molecule has 1 atom stereocenters. The van der Waals surface area contributed by atoms with Crippen LogP contribution in [0.4, 0.5) is 0 Å². The largest absolute Gasteiger partial charge is 0.375 e. The van der Waals surface area contributed by atoms with E-state index in [0.29, 0.717) is 31.3 Å². The van der Waals surface area contributed by atoms with Crippen LogP contribution in [0.5, 0.6) is 0 Å². The second-order valence-corrected chi connectivity index (χ2v) is 6.26. The van der Waals surface area contributed by atoms with E-state index in [1.54, 1.807) is 7.11 Å². The molecule has 0 saturated carbocycles. The number of likely N-dealkylation sites (tertiary alicyclic amines) is 1. The molecule has 0 N–H and O–H groups in total. The third kappa shape index (κ3) is 3.82. The summed E-state index contributed by atoms with van der Waals surface area (Å²) in [5, 5.41) is 4.05. The number of aromatic nitrogens is 2. The summed E-state index contributed by atoms with van der Waals surface area (Å²) in [7, 11) is 1.59. The fourth-order valence-electron chi connectivity index (χ4n) is 3.11. The molecule has 0 bridgehead atoms. The molecule has 6 nitrogen and oxygen atoms in total. The first-order valence-electron chi connectivity index (χ1n) is 8.31. The molecule has 0 spiro atoms. The standard InChI is InChI=1S/C18H23N3O3/c1-13-6-3-4-7-14(13)10-17(22)21-9-5-8-15(11-21)18-19-16(12-23-2)24-20-18/h3-4,6-7,15H,5,8-12H2,1-2H3. The Bertz CT molecular complexity index is 698. The molecule has 2 aromatic rings. The molecule has 1 aliphatic heterocycles. The van der Waals surface area contributed by atoms with Gasteiger partial charge in [0, 0.05) is 26.1 Å². The highest BCUT2D eigenvalue weighted by Gasteiger charge is 2.28. The molecule has 1 saturated heterocycles. The van der Waals surface area contributed by atoms with E-state index in [1.165, 1.54) is 0 Å². The monoisotopic (exact) mass is 329 g/mol. The van der Waals surface area contributed by atoms with Gasteiger partial charge in [-0.25, -0.2) is 0 Å². The van der Waals surface area contributed by atoms with Gasteiger partial charge in [-0.2, -0.15) is 4.98 Å². The predicted octanol–water partition coefficient (Wildman–Crippen LogP) is 2.47. The smallest absolute Gasteiger partial charge is 0.252 e. The summed E-state index contributed by atoms with van der Waals surface area (Å²) in [6, 6.07) is 8.03. The molecule has 1 amide bonds. The molecule has 1 fully saturated rings. The number of hydrogen-bond acceptors (Lipinski definition) is 5.